The summed E-state index contributed by atoms with van der Waals surface area (Å²) in [5.41, 5.74) is 2.65. The molecule has 2 nitrogen and oxygen atoms in total. The zero-order valence-corrected chi connectivity index (χ0v) is 24.8. The molecule has 0 aromatic heterocycles. The summed E-state index contributed by atoms with van der Waals surface area (Å²) < 4.78 is 6.13. The lowest BCUT2D eigenvalue weighted by atomic mass is 9.47. The van der Waals surface area contributed by atoms with Gasteiger partial charge < -0.3 is 10.1 Å². The average molecular weight is 502 g/mol. The summed E-state index contributed by atoms with van der Waals surface area (Å²) in [6.45, 7) is 18.1. The zero-order valence-electron chi connectivity index (χ0n) is 24.0. The summed E-state index contributed by atoms with van der Waals surface area (Å²) in [5, 5.41) is 3.77. The number of rotatable bonds is 8. The molecular weight excluding hydrogens is 446 g/mol. The van der Waals surface area contributed by atoms with E-state index in [1.807, 2.05) is 0 Å². The van der Waals surface area contributed by atoms with Crippen LogP contribution < -0.4 is 5.32 Å². The largest absolute Gasteiger partial charge is 0.467 e. The Bertz CT molecular complexity index is 776. The maximum absolute atomic E-state index is 6.13. The third kappa shape index (κ3) is 5.23. The van der Waals surface area contributed by atoms with Crippen molar-refractivity contribution in [3.63, 3.8) is 0 Å². The third-order valence-electron chi connectivity index (χ3n) is 11.9. The van der Waals surface area contributed by atoms with Gasteiger partial charge in [0.25, 0.3) is 5.17 Å². The predicted molar refractivity (Wildman–Crippen MR) is 153 cm³/mol. The Morgan fingerprint density at radius 1 is 1.06 bits per heavy atom. The minimum absolute atomic E-state index is 0.265. The minimum atomic E-state index is 0.265. The Kier molecular flexibility index (Phi) is 8.66. The summed E-state index contributed by atoms with van der Waals surface area (Å²) in [6.07, 6.45) is 17.8. The highest BCUT2D eigenvalue weighted by Gasteiger charge is 2.59. The van der Waals surface area contributed by atoms with Crippen molar-refractivity contribution in [2.75, 3.05) is 6.54 Å². The number of ether oxygens (including phenoxy) is 1. The number of fused-ring (bicyclic) bond motifs is 5. The van der Waals surface area contributed by atoms with E-state index >= 15 is 0 Å². The van der Waals surface area contributed by atoms with Crippen LogP contribution in [-0.4, -0.2) is 17.8 Å². The lowest BCUT2D eigenvalue weighted by Gasteiger charge is -2.58. The van der Waals surface area contributed by atoms with E-state index in [4.69, 9.17) is 17.0 Å². The quantitative estimate of drug-likeness (QED) is 0.265. The number of thiocarbonyl (C=S) groups is 1. The van der Waals surface area contributed by atoms with E-state index < -0.39 is 0 Å². The summed E-state index contributed by atoms with van der Waals surface area (Å²) in [6, 6.07) is 0. The van der Waals surface area contributed by atoms with Gasteiger partial charge in [0.2, 0.25) is 0 Å². The summed E-state index contributed by atoms with van der Waals surface area (Å²) in [4.78, 5) is 0. The Morgan fingerprint density at radius 2 is 1.83 bits per heavy atom. The number of hydrogen-bond donors (Lipinski definition) is 1. The van der Waals surface area contributed by atoms with Crippen molar-refractivity contribution in [1.82, 2.24) is 5.32 Å². The van der Waals surface area contributed by atoms with E-state index in [-0.39, 0.29) is 6.10 Å². The van der Waals surface area contributed by atoms with Gasteiger partial charge in [-0.1, -0.05) is 66.0 Å². The molecule has 4 aliphatic carbocycles. The fourth-order valence-electron chi connectivity index (χ4n) is 9.73. The maximum atomic E-state index is 6.13. The second kappa shape index (κ2) is 11.0. The standard InChI is InChI=1S/C32H55NOS/c1-8-23(21(3)4)11-10-22(5)27-14-15-28-26-13-12-24-20-25(34-30(35)33-9-2)16-18-31(24,6)29(26)17-19-32(27,28)7/h12,21-23,25-29H,8-11,13-20H2,1-7H3,(H,33,35)/t22-,23-,25-,26-,27+,28-,29-,31-,32+/m0/s1. The predicted octanol–water partition coefficient (Wildman–Crippen LogP) is 8.94. The Balaban J connectivity index is 1.43. The van der Waals surface area contributed by atoms with E-state index in [0.29, 0.717) is 16.0 Å². The van der Waals surface area contributed by atoms with Crippen LogP contribution in [0.5, 0.6) is 0 Å². The first kappa shape index (κ1) is 27.5. The number of hydrogen-bond acceptors (Lipinski definition) is 2. The van der Waals surface area contributed by atoms with Gasteiger partial charge in [-0.3, -0.25) is 0 Å². The molecule has 0 aliphatic heterocycles. The molecule has 4 aliphatic rings. The van der Waals surface area contributed by atoms with E-state index in [1.54, 1.807) is 5.57 Å². The molecule has 3 saturated carbocycles. The van der Waals surface area contributed by atoms with Crippen LogP contribution in [0.4, 0.5) is 0 Å². The Hall–Kier alpha value is -0.570. The van der Waals surface area contributed by atoms with Crippen LogP contribution in [0.2, 0.25) is 0 Å². The number of allylic oxidation sites excluding steroid dienone is 1. The van der Waals surface area contributed by atoms with Crippen LogP contribution in [0.15, 0.2) is 11.6 Å². The molecule has 0 aromatic carbocycles. The van der Waals surface area contributed by atoms with Crippen molar-refractivity contribution in [3.05, 3.63) is 11.6 Å². The normalized spacial score (nSPS) is 40.2. The van der Waals surface area contributed by atoms with Crippen LogP contribution in [0, 0.1) is 52.3 Å². The Labute approximate surface area is 222 Å². The summed E-state index contributed by atoms with van der Waals surface area (Å²) >= 11 is 5.40. The summed E-state index contributed by atoms with van der Waals surface area (Å²) in [5.74, 6) is 6.27. The molecule has 0 aromatic rings. The Morgan fingerprint density at radius 3 is 2.51 bits per heavy atom. The lowest BCUT2D eigenvalue weighted by Crippen LogP contribution is -2.51. The minimum Gasteiger partial charge on any atom is -0.467 e. The molecule has 4 rings (SSSR count). The van der Waals surface area contributed by atoms with Crippen LogP contribution in [-0.2, 0) is 4.74 Å². The number of nitrogens with one attached hydrogen (secondary N) is 1. The van der Waals surface area contributed by atoms with Crippen LogP contribution in [0.1, 0.15) is 119 Å². The molecule has 0 unspecified atom stereocenters. The van der Waals surface area contributed by atoms with Gasteiger partial charge in [0.05, 0.1) is 0 Å². The monoisotopic (exact) mass is 501 g/mol. The molecule has 3 fully saturated rings. The molecule has 200 valence electrons. The fourth-order valence-corrected chi connectivity index (χ4v) is 10.0. The SMILES string of the molecule is CCNC(=S)O[C@H]1CC[C@@]2(C)C(=CC[C@H]3[C@@H]4CC[C@H]([C@@H](C)CC[C@H](CC)C(C)C)[C@@]4(C)CC[C@@H]32)C1. The lowest BCUT2D eigenvalue weighted by molar-refractivity contribution is -0.0567. The molecule has 0 heterocycles. The highest BCUT2D eigenvalue weighted by molar-refractivity contribution is 7.80. The van der Waals surface area contributed by atoms with Crippen LogP contribution >= 0.6 is 12.2 Å². The topological polar surface area (TPSA) is 21.3 Å². The van der Waals surface area contributed by atoms with Crippen LogP contribution in [0.25, 0.3) is 0 Å². The van der Waals surface area contributed by atoms with E-state index in [1.165, 1.54) is 57.8 Å². The molecular formula is C32H55NOS. The molecule has 0 bridgehead atoms. The van der Waals surface area contributed by atoms with E-state index in [9.17, 15) is 0 Å². The molecule has 9 atom stereocenters. The van der Waals surface area contributed by atoms with E-state index in [0.717, 1.165) is 60.8 Å². The van der Waals surface area contributed by atoms with Crippen molar-refractivity contribution in [2.24, 2.45) is 52.3 Å². The zero-order chi connectivity index (χ0) is 25.4. The van der Waals surface area contributed by atoms with Crippen molar-refractivity contribution in [2.45, 2.75) is 125 Å². The van der Waals surface area contributed by atoms with Gasteiger partial charge >= 0.3 is 0 Å². The fraction of sp³-hybridized carbons (Fsp3) is 0.906. The molecule has 0 spiro atoms. The smallest absolute Gasteiger partial charge is 0.256 e. The molecule has 1 N–H and O–H groups in total. The third-order valence-corrected chi connectivity index (χ3v) is 12.1. The van der Waals surface area contributed by atoms with Crippen LogP contribution in [0.3, 0.4) is 0 Å². The molecule has 0 radical (unpaired) electrons. The first-order chi connectivity index (χ1) is 16.6. The molecule has 0 saturated heterocycles. The maximum Gasteiger partial charge on any atom is 0.256 e. The first-order valence-electron chi connectivity index (χ1n) is 15.3. The second-order valence-corrected chi connectivity index (χ2v) is 14.1. The van der Waals surface area contributed by atoms with Gasteiger partial charge in [-0.25, -0.2) is 0 Å². The van der Waals surface area contributed by atoms with Gasteiger partial charge in [-0.2, -0.15) is 0 Å². The van der Waals surface area contributed by atoms with Gasteiger partial charge in [0.1, 0.15) is 6.10 Å². The van der Waals surface area contributed by atoms with Gasteiger partial charge in [-0.15, -0.1) is 0 Å². The van der Waals surface area contributed by atoms with Crippen molar-refractivity contribution >= 4 is 17.4 Å². The average Bonchev–Trinajstić information content (AvgIpc) is 3.17. The molecule has 0 amide bonds. The van der Waals surface area contributed by atoms with Gasteiger partial charge in [0.15, 0.2) is 0 Å². The van der Waals surface area contributed by atoms with Crippen molar-refractivity contribution in [1.29, 1.82) is 0 Å². The van der Waals surface area contributed by atoms with Gasteiger partial charge in [-0.05, 0) is 123 Å². The molecule has 35 heavy (non-hydrogen) atoms. The first-order valence-corrected chi connectivity index (χ1v) is 15.7. The highest BCUT2D eigenvalue weighted by Crippen LogP contribution is 2.67. The van der Waals surface area contributed by atoms with Gasteiger partial charge in [0, 0.05) is 13.0 Å². The van der Waals surface area contributed by atoms with E-state index in [2.05, 4.69) is 59.9 Å². The van der Waals surface area contributed by atoms with Crippen molar-refractivity contribution < 1.29 is 4.74 Å². The highest BCUT2D eigenvalue weighted by atomic mass is 32.1. The van der Waals surface area contributed by atoms with Crippen molar-refractivity contribution in [3.8, 4) is 0 Å². The second-order valence-electron chi connectivity index (χ2n) is 13.8. The summed E-state index contributed by atoms with van der Waals surface area (Å²) in [7, 11) is 0. The molecule has 3 heteroatoms.